The summed E-state index contributed by atoms with van der Waals surface area (Å²) in [6, 6.07) is 1.71. The fraction of sp³-hybridized carbons (Fsp3) is 0.714. The molecular weight excluding hydrogens is 244 g/mol. The van der Waals surface area contributed by atoms with Crippen molar-refractivity contribution in [3.05, 3.63) is 22.7 Å². The number of rotatable bonds is 4. The first-order chi connectivity index (χ1) is 9.08. The van der Waals surface area contributed by atoms with Gasteiger partial charge in [0.15, 0.2) is 0 Å². The van der Waals surface area contributed by atoms with E-state index in [1.54, 1.807) is 16.8 Å². The van der Waals surface area contributed by atoms with Gasteiger partial charge < -0.3 is 9.47 Å². The van der Waals surface area contributed by atoms with E-state index in [-0.39, 0.29) is 18.0 Å². The zero-order valence-electron chi connectivity index (χ0n) is 12.0. The number of ether oxygens (including phenoxy) is 2. The average Bonchev–Trinajstić information content (AvgIpc) is 2.67. The molecule has 106 valence electrons. The van der Waals surface area contributed by atoms with Crippen LogP contribution in [0.3, 0.4) is 0 Å². The Morgan fingerprint density at radius 3 is 2.63 bits per heavy atom. The Morgan fingerprint density at radius 1 is 1.37 bits per heavy atom. The van der Waals surface area contributed by atoms with E-state index in [2.05, 4.69) is 25.8 Å². The zero-order chi connectivity index (χ0) is 14.0. The first-order valence-corrected chi connectivity index (χ1v) is 6.95. The molecule has 0 radical (unpaired) electrons. The second-order valence-electron chi connectivity index (χ2n) is 5.08. The number of hydrogen-bond donors (Lipinski definition) is 0. The van der Waals surface area contributed by atoms with Crippen molar-refractivity contribution < 1.29 is 9.47 Å². The van der Waals surface area contributed by atoms with E-state index in [0.717, 1.165) is 6.42 Å². The molecule has 0 N–H and O–H groups in total. The molecule has 0 amide bonds. The highest BCUT2D eigenvalue weighted by atomic mass is 16.5. The minimum Gasteiger partial charge on any atom is -0.478 e. The molecule has 0 saturated carbocycles. The zero-order valence-corrected chi connectivity index (χ0v) is 12.0. The quantitative estimate of drug-likeness (QED) is 0.838. The Labute approximate surface area is 113 Å². The third-order valence-corrected chi connectivity index (χ3v) is 3.95. The lowest BCUT2D eigenvalue weighted by atomic mass is 9.91. The fourth-order valence-electron chi connectivity index (χ4n) is 2.63. The van der Waals surface area contributed by atoms with Gasteiger partial charge in [0.25, 0.3) is 0 Å². The summed E-state index contributed by atoms with van der Waals surface area (Å²) >= 11 is 0. The van der Waals surface area contributed by atoms with Gasteiger partial charge in [0, 0.05) is 18.2 Å². The summed E-state index contributed by atoms with van der Waals surface area (Å²) in [4.78, 5) is 16.0. The van der Waals surface area contributed by atoms with Crippen LogP contribution in [-0.2, 0) is 4.74 Å². The molecule has 0 spiro atoms. The van der Waals surface area contributed by atoms with E-state index in [1.807, 2.05) is 6.92 Å². The van der Waals surface area contributed by atoms with Crippen molar-refractivity contribution in [1.82, 2.24) is 9.55 Å². The Morgan fingerprint density at radius 2 is 2.11 bits per heavy atom. The van der Waals surface area contributed by atoms with Gasteiger partial charge in [-0.2, -0.15) is 4.98 Å². The average molecular weight is 266 g/mol. The van der Waals surface area contributed by atoms with Crippen molar-refractivity contribution in [2.75, 3.05) is 6.61 Å². The molecule has 0 bridgehead atoms. The van der Waals surface area contributed by atoms with E-state index in [1.165, 1.54) is 0 Å². The van der Waals surface area contributed by atoms with Crippen LogP contribution in [0.15, 0.2) is 17.1 Å². The van der Waals surface area contributed by atoms with E-state index < -0.39 is 0 Å². The van der Waals surface area contributed by atoms with Crippen molar-refractivity contribution in [3.63, 3.8) is 0 Å². The minimum absolute atomic E-state index is 0.207. The number of aromatic nitrogens is 2. The lowest BCUT2D eigenvalue weighted by molar-refractivity contribution is -0.0169. The standard InChI is InChI=1S/C14H22N2O3/c1-5-11-9(3)10(4)13(19-11)16-8-7-12(18-6-2)15-14(16)17/h7-11,13H,5-6H2,1-4H3/t9?,10-,11+,13+/m0/s1. The van der Waals surface area contributed by atoms with Crippen LogP contribution < -0.4 is 10.4 Å². The number of hydrogen-bond acceptors (Lipinski definition) is 4. The Hall–Kier alpha value is -1.36. The minimum atomic E-state index is -0.313. The molecule has 0 aliphatic carbocycles. The van der Waals surface area contributed by atoms with Crippen molar-refractivity contribution in [2.24, 2.45) is 11.8 Å². The summed E-state index contributed by atoms with van der Waals surface area (Å²) in [5.74, 6) is 1.10. The second kappa shape index (κ2) is 5.74. The number of nitrogens with zero attached hydrogens (tertiary/aromatic N) is 2. The molecule has 0 aromatic carbocycles. The molecule has 19 heavy (non-hydrogen) atoms. The van der Waals surface area contributed by atoms with E-state index in [4.69, 9.17) is 9.47 Å². The van der Waals surface area contributed by atoms with Gasteiger partial charge in [-0.3, -0.25) is 4.57 Å². The van der Waals surface area contributed by atoms with Gasteiger partial charge in [0.1, 0.15) is 6.23 Å². The highest BCUT2D eigenvalue weighted by molar-refractivity contribution is 5.06. The van der Waals surface area contributed by atoms with Crippen molar-refractivity contribution in [2.45, 2.75) is 46.4 Å². The topological polar surface area (TPSA) is 53.4 Å². The summed E-state index contributed by atoms with van der Waals surface area (Å²) < 4.78 is 12.8. The van der Waals surface area contributed by atoms with E-state index in [9.17, 15) is 4.79 Å². The lowest BCUT2D eigenvalue weighted by Crippen LogP contribution is -2.29. The van der Waals surface area contributed by atoms with Gasteiger partial charge in [-0.25, -0.2) is 4.79 Å². The van der Waals surface area contributed by atoms with Gasteiger partial charge in [-0.05, 0) is 19.3 Å². The molecule has 5 nitrogen and oxygen atoms in total. The summed E-state index contributed by atoms with van der Waals surface area (Å²) in [5, 5.41) is 0. The molecule has 1 aliphatic rings. The molecule has 1 aromatic heterocycles. The van der Waals surface area contributed by atoms with Crippen molar-refractivity contribution >= 4 is 0 Å². The van der Waals surface area contributed by atoms with Gasteiger partial charge >= 0.3 is 5.69 Å². The summed E-state index contributed by atoms with van der Waals surface area (Å²) in [6.45, 7) is 8.76. The molecule has 1 unspecified atom stereocenters. The SMILES string of the molecule is CCOc1ccn([C@@H]2O[C@H](CC)C(C)[C@@H]2C)c(=O)n1. The predicted octanol–water partition coefficient (Wildman–Crippen LogP) is 2.22. The molecule has 2 rings (SSSR count). The molecule has 4 atom stereocenters. The first kappa shape index (κ1) is 14.1. The van der Waals surface area contributed by atoms with Crippen molar-refractivity contribution in [1.29, 1.82) is 0 Å². The molecule has 1 aliphatic heterocycles. The van der Waals surface area contributed by atoms with E-state index >= 15 is 0 Å². The third-order valence-electron chi connectivity index (χ3n) is 3.95. The van der Waals surface area contributed by atoms with Crippen LogP contribution in [0, 0.1) is 11.8 Å². The van der Waals surface area contributed by atoms with Crippen LogP contribution in [0.25, 0.3) is 0 Å². The largest absolute Gasteiger partial charge is 0.478 e. The summed E-state index contributed by atoms with van der Waals surface area (Å²) in [7, 11) is 0. The highest BCUT2D eigenvalue weighted by Crippen LogP contribution is 2.39. The van der Waals surface area contributed by atoms with E-state index in [0.29, 0.717) is 24.3 Å². The van der Waals surface area contributed by atoms with Crippen LogP contribution >= 0.6 is 0 Å². The maximum atomic E-state index is 12.0. The molecule has 1 fully saturated rings. The van der Waals surface area contributed by atoms with Gasteiger partial charge in [0.2, 0.25) is 5.88 Å². The Bertz CT molecular complexity index is 486. The third kappa shape index (κ3) is 2.66. The van der Waals surface area contributed by atoms with Crippen molar-refractivity contribution in [3.8, 4) is 5.88 Å². The van der Waals surface area contributed by atoms with Crippen LogP contribution in [0.2, 0.25) is 0 Å². The Kier molecular flexibility index (Phi) is 4.24. The van der Waals surface area contributed by atoms with Gasteiger partial charge in [-0.15, -0.1) is 0 Å². The summed E-state index contributed by atoms with van der Waals surface area (Å²) in [6.07, 6.45) is 2.65. The molecule has 1 saturated heterocycles. The monoisotopic (exact) mass is 266 g/mol. The first-order valence-electron chi connectivity index (χ1n) is 6.95. The van der Waals surface area contributed by atoms with Gasteiger partial charge in [0.05, 0.1) is 12.7 Å². The molecule has 5 heteroatoms. The maximum Gasteiger partial charge on any atom is 0.352 e. The van der Waals surface area contributed by atoms with Crippen LogP contribution in [-0.4, -0.2) is 22.3 Å². The maximum absolute atomic E-state index is 12.0. The fourth-order valence-corrected chi connectivity index (χ4v) is 2.63. The van der Waals surface area contributed by atoms with Crippen LogP contribution in [0.5, 0.6) is 5.88 Å². The smallest absolute Gasteiger partial charge is 0.352 e. The Balaban J connectivity index is 2.25. The van der Waals surface area contributed by atoms with Crippen LogP contribution in [0.1, 0.15) is 40.3 Å². The molecular formula is C14H22N2O3. The van der Waals surface area contributed by atoms with Crippen LogP contribution in [0.4, 0.5) is 0 Å². The van der Waals surface area contributed by atoms with Gasteiger partial charge in [-0.1, -0.05) is 20.8 Å². The molecule has 1 aromatic rings. The lowest BCUT2D eigenvalue weighted by Gasteiger charge is -2.18. The summed E-state index contributed by atoms with van der Waals surface area (Å²) in [5.41, 5.74) is -0.313. The molecule has 2 heterocycles. The second-order valence-corrected chi connectivity index (χ2v) is 5.08. The normalized spacial score (nSPS) is 30.5. The highest BCUT2D eigenvalue weighted by Gasteiger charge is 2.39. The predicted molar refractivity (Wildman–Crippen MR) is 72.2 cm³/mol.